The molecule has 4 heteroatoms. The quantitative estimate of drug-likeness (QED) is 0.462. The van der Waals surface area contributed by atoms with Crippen LogP contribution in [0.15, 0.2) is 53.8 Å². The summed E-state index contributed by atoms with van der Waals surface area (Å²) < 4.78 is 10.7. The van der Waals surface area contributed by atoms with E-state index in [0.29, 0.717) is 24.5 Å². The maximum atomic E-state index is 8.78. The van der Waals surface area contributed by atoms with E-state index in [1.807, 2.05) is 36.4 Å². The van der Waals surface area contributed by atoms with Gasteiger partial charge in [-0.2, -0.15) is 5.26 Å². The van der Waals surface area contributed by atoms with Crippen LogP contribution >= 0.6 is 0 Å². The van der Waals surface area contributed by atoms with Crippen molar-refractivity contribution in [3.05, 3.63) is 59.4 Å². The van der Waals surface area contributed by atoms with Crippen LogP contribution in [-0.2, 0) is 16.1 Å². The second-order valence-corrected chi connectivity index (χ2v) is 3.85. The SMILES string of the molecule is COC/C(=C\C=C(\C#N)CN)OCc1ccccc1. The maximum Gasteiger partial charge on any atom is 0.122 e. The molecule has 0 fully saturated rings. The van der Waals surface area contributed by atoms with Gasteiger partial charge in [-0.1, -0.05) is 30.3 Å². The third-order valence-electron chi connectivity index (χ3n) is 2.39. The van der Waals surface area contributed by atoms with Crippen molar-refractivity contribution in [2.24, 2.45) is 5.73 Å². The Morgan fingerprint density at radius 3 is 2.63 bits per heavy atom. The Kier molecular flexibility index (Phi) is 7.03. The van der Waals surface area contributed by atoms with Gasteiger partial charge in [-0.15, -0.1) is 0 Å². The number of nitrogens with zero attached hydrogens (tertiary/aromatic N) is 1. The highest BCUT2D eigenvalue weighted by Crippen LogP contribution is 2.07. The fourth-order valence-corrected chi connectivity index (χ4v) is 1.37. The molecule has 100 valence electrons. The van der Waals surface area contributed by atoms with Gasteiger partial charge in [0.05, 0.1) is 6.07 Å². The van der Waals surface area contributed by atoms with Crippen LogP contribution in [0.4, 0.5) is 0 Å². The molecule has 0 aliphatic heterocycles. The molecule has 0 aliphatic carbocycles. The average molecular weight is 258 g/mol. The second-order valence-electron chi connectivity index (χ2n) is 3.85. The topological polar surface area (TPSA) is 68.3 Å². The van der Waals surface area contributed by atoms with E-state index in [1.54, 1.807) is 19.3 Å². The van der Waals surface area contributed by atoms with Crippen LogP contribution in [0, 0.1) is 11.3 Å². The Labute approximate surface area is 113 Å². The highest BCUT2D eigenvalue weighted by atomic mass is 16.5. The first-order chi connectivity index (χ1) is 9.30. The minimum atomic E-state index is 0.214. The van der Waals surface area contributed by atoms with Gasteiger partial charge >= 0.3 is 0 Å². The average Bonchev–Trinajstić information content (AvgIpc) is 2.46. The van der Waals surface area contributed by atoms with Gasteiger partial charge in [0.25, 0.3) is 0 Å². The molecule has 0 saturated carbocycles. The minimum Gasteiger partial charge on any atom is -0.491 e. The van der Waals surface area contributed by atoms with Crippen LogP contribution in [0.1, 0.15) is 5.56 Å². The van der Waals surface area contributed by atoms with Gasteiger partial charge in [-0.3, -0.25) is 0 Å². The third kappa shape index (κ3) is 5.87. The smallest absolute Gasteiger partial charge is 0.122 e. The Bertz CT molecular complexity index is 473. The van der Waals surface area contributed by atoms with Crippen LogP contribution in [0.2, 0.25) is 0 Å². The van der Waals surface area contributed by atoms with Crippen molar-refractivity contribution in [2.45, 2.75) is 6.61 Å². The van der Waals surface area contributed by atoms with Crippen molar-refractivity contribution in [1.29, 1.82) is 5.26 Å². The summed E-state index contributed by atoms with van der Waals surface area (Å²) in [5, 5.41) is 8.78. The summed E-state index contributed by atoms with van der Waals surface area (Å²) in [5.74, 6) is 0.660. The second kappa shape index (κ2) is 8.92. The van der Waals surface area contributed by atoms with E-state index in [4.69, 9.17) is 20.5 Å². The molecule has 0 amide bonds. The lowest BCUT2D eigenvalue weighted by Crippen LogP contribution is -2.02. The van der Waals surface area contributed by atoms with Crippen molar-refractivity contribution in [3.63, 3.8) is 0 Å². The van der Waals surface area contributed by atoms with Crippen LogP contribution in [0.5, 0.6) is 0 Å². The van der Waals surface area contributed by atoms with Gasteiger partial charge in [-0.25, -0.2) is 0 Å². The molecule has 2 N–H and O–H groups in total. The molecule has 0 heterocycles. The number of rotatable bonds is 7. The van der Waals surface area contributed by atoms with E-state index in [-0.39, 0.29) is 6.54 Å². The number of ether oxygens (including phenoxy) is 2. The molecule has 1 aromatic rings. The number of nitrogens with two attached hydrogens (primary N) is 1. The molecule has 0 atom stereocenters. The molecule has 4 nitrogen and oxygen atoms in total. The first-order valence-corrected chi connectivity index (χ1v) is 5.95. The van der Waals surface area contributed by atoms with Crippen LogP contribution in [0.25, 0.3) is 0 Å². The van der Waals surface area contributed by atoms with Crippen LogP contribution < -0.4 is 5.73 Å². The maximum absolute atomic E-state index is 8.78. The lowest BCUT2D eigenvalue weighted by atomic mass is 10.2. The predicted octanol–water partition coefficient (Wildman–Crippen LogP) is 2.14. The fraction of sp³-hybridized carbons (Fsp3) is 0.267. The normalized spacial score (nSPS) is 12.1. The number of hydrogen-bond acceptors (Lipinski definition) is 4. The Balaban J connectivity index is 2.65. The lowest BCUT2D eigenvalue weighted by Gasteiger charge is -2.09. The first kappa shape index (κ1) is 15.0. The lowest BCUT2D eigenvalue weighted by molar-refractivity contribution is 0.123. The monoisotopic (exact) mass is 258 g/mol. The molecule has 0 bridgehead atoms. The van der Waals surface area contributed by atoms with Crippen molar-refractivity contribution >= 4 is 0 Å². The summed E-state index contributed by atoms with van der Waals surface area (Å²) in [6, 6.07) is 11.9. The Hall–Kier alpha value is -2.09. The summed E-state index contributed by atoms with van der Waals surface area (Å²) in [5.41, 5.74) is 6.99. The van der Waals surface area contributed by atoms with Gasteiger partial charge in [0, 0.05) is 19.2 Å². The van der Waals surface area contributed by atoms with Crippen LogP contribution in [-0.4, -0.2) is 20.3 Å². The summed E-state index contributed by atoms with van der Waals surface area (Å²) >= 11 is 0. The predicted molar refractivity (Wildman–Crippen MR) is 73.9 cm³/mol. The zero-order valence-corrected chi connectivity index (χ0v) is 11.0. The molecule has 0 saturated heterocycles. The molecule has 0 aromatic heterocycles. The van der Waals surface area contributed by atoms with Gasteiger partial charge in [0.2, 0.25) is 0 Å². The molecular weight excluding hydrogens is 240 g/mol. The van der Waals surface area contributed by atoms with Crippen molar-refractivity contribution in [3.8, 4) is 6.07 Å². The summed E-state index contributed by atoms with van der Waals surface area (Å²) in [6.45, 7) is 1.03. The highest BCUT2D eigenvalue weighted by Gasteiger charge is 1.99. The van der Waals surface area contributed by atoms with Gasteiger partial charge < -0.3 is 15.2 Å². The third-order valence-corrected chi connectivity index (χ3v) is 2.39. The van der Waals surface area contributed by atoms with E-state index in [2.05, 4.69) is 0 Å². The number of allylic oxidation sites excluding steroid dienone is 2. The van der Waals surface area contributed by atoms with E-state index < -0.39 is 0 Å². The molecule has 0 aliphatic rings. The molecular formula is C15H18N2O2. The van der Waals surface area contributed by atoms with E-state index in [9.17, 15) is 0 Å². The van der Waals surface area contributed by atoms with Crippen molar-refractivity contribution in [1.82, 2.24) is 0 Å². The molecule has 1 rings (SSSR count). The molecule has 0 unspecified atom stereocenters. The van der Waals surface area contributed by atoms with E-state index in [1.165, 1.54) is 0 Å². The molecule has 0 spiro atoms. The molecule has 0 radical (unpaired) electrons. The van der Waals surface area contributed by atoms with E-state index >= 15 is 0 Å². The first-order valence-electron chi connectivity index (χ1n) is 5.95. The fourth-order valence-electron chi connectivity index (χ4n) is 1.37. The van der Waals surface area contributed by atoms with E-state index in [0.717, 1.165) is 5.56 Å². The zero-order chi connectivity index (χ0) is 13.9. The van der Waals surface area contributed by atoms with Crippen LogP contribution in [0.3, 0.4) is 0 Å². The molecule has 1 aromatic carbocycles. The molecule has 19 heavy (non-hydrogen) atoms. The number of nitriles is 1. The highest BCUT2D eigenvalue weighted by molar-refractivity contribution is 5.27. The number of benzene rings is 1. The zero-order valence-electron chi connectivity index (χ0n) is 11.0. The standard InChI is InChI=1S/C15H18N2O2/c1-18-12-15(8-7-14(9-16)10-17)19-11-13-5-3-2-4-6-13/h2-8H,9,11-12,16H2,1H3/b14-7+,15-8+. The summed E-state index contributed by atoms with van der Waals surface area (Å²) in [6.07, 6.45) is 3.37. The number of hydrogen-bond donors (Lipinski definition) is 1. The summed E-state index contributed by atoms with van der Waals surface area (Å²) in [4.78, 5) is 0. The summed E-state index contributed by atoms with van der Waals surface area (Å²) in [7, 11) is 1.59. The minimum absolute atomic E-state index is 0.214. The number of methoxy groups -OCH3 is 1. The van der Waals surface area contributed by atoms with Crippen molar-refractivity contribution in [2.75, 3.05) is 20.3 Å². The van der Waals surface area contributed by atoms with Gasteiger partial charge in [0.15, 0.2) is 0 Å². The Morgan fingerprint density at radius 1 is 1.32 bits per heavy atom. The van der Waals surface area contributed by atoms with Crippen molar-refractivity contribution < 1.29 is 9.47 Å². The van der Waals surface area contributed by atoms with Gasteiger partial charge in [0.1, 0.15) is 19.0 Å². The van der Waals surface area contributed by atoms with Gasteiger partial charge in [-0.05, 0) is 17.7 Å². The Morgan fingerprint density at radius 2 is 2.05 bits per heavy atom. The largest absolute Gasteiger partial charge is 0.491 e.